The molecule has 0 aliphatic rings. The summed E-state index contributed by atoms with van der Waals surface area (Å²) >= 11 is 3.19. The fraction of sp³-hybridized carbons (Fsp3) is 0.111. The molecule has 10 heteroatoms. The number of aromatic hydroxyl groups is 1. The number of nitriles is 1. The fourth-order valence-corrected chi connectivity index (χ4v) is 3.16. The maximum Gasteiger partial charge on any atom is 0.266 e. The number of sulfonamides is 1. The quantitative estimate of drug-likeness (QED) is 0.441. The van der Waals surface area contributed by atoms with Crippen molar-refractivity contribution in [2.75, 3.05) is 11.9 Å². The number of carbonyl (C=O) groups is 1. The van der Waals surface area contributed by atoms with E-state index in [1.54, 1.807) is 13.0 Å². The lowest BCUT2D eigenvalue weighted by Crippen LogP contribution is -2.14. The summed E-state index contributed by atoms with van der Waals surface area (Å²) < 4.78 is 28.2. The first-order chi connectivity index (χ1) is 13.2. The molecule has 2 rings (SSSR count). The van der Waals surface area contributed by atoms with Crippen LogP contribution in [0.15, 0.2) is 51.3 Å². The minimum Gasteiger partial charge on any atom is -0.503 e. The van der Waals surface area contributed by atoms with Crippen molar-refractivity contribution in [3.63, 3.8) is 0 Å². The molecule has 146 valence electrons. The molecule has 1 amide bonds. The minimum absolute atomic E-state index is 0.0862. The van der Waals surface area contributed by atoms with Crippen molar-refractivity contribution >= 4 is 43.6 Å². The number of nitrogens with zero attached hydrogens (tertiary/aromatic N) is 1. The molecule has 0 spiro atoms. The minimum atomic E-state index is -3.84. The SMILES string of the molecule is CCOc1cc(C=C(C#N)C(=O)Nc2ccc(S(N)(=O)=O)cc2)cc(Br)c1O. The molecule has 0 heterocycles. The monoisotopic (exact) mass is 465 g/mol. The standard InChI is InChI=1S/C18H16BrN3O5S/c1-2-27-16-9-11(8-15(19)17(16)23)7-12(10-20)18(24)22-13-3-5-14(6-4-13)28(21,25)26/h3-9,23H,2H2,1H3,(H,22,24)(H2,21,25,26). The average Bonchev–Trinajstić information content (AvgIpc) is 2.63. The van der Waals surface area contributed by atoms with Crippen LogP contribution in [-0.2, 0) is 14.8 Å². The van der Waals surface area contributed by atoms with E-state index in [2.05, 4.69) is 21.2 Å². The third-order valence-corrected chi connectivity index (χ3v) is 5.00. The zero-order valence-corrected chi connectivity index (χ0v) is 17.0. The van der Waals surface area contributed by atoms with E-state index in [1.165, 1.54) is 42.5 Å². The molecule has 0 bridgehead atoms. The molecule has 8 nitrogen and oxygen atoms in total. The summed E-state index contributed by atoms with van der Waals surface area (Å²) in [6.45, 7) is 2.08. The average molecular weight is 466 g/mol. The maximum absolute atomic E-state index is 12.4. The summed E-state index contributed by atoms with van der Waals surface area (Å²) in [5.74, 6) is -0.565. The van der Waals surface area contributed by atoms with E-state index in [0.717, 1.165) is 0 Å². The van der Waals surface area contributed by atoms with Gasteiger partial charge in [0.15, 0.2) is 11.5 Å². The fourth-order valence-electron chi connectivity index (χ4n) is 2.18. The topological polar surface area (TPSA) is 143 Å². The second kappa shape index (κ2) is 8.88. The predicted molar refractivity (Wildman–Crippen MR) is 107 cm³/mol. The van der Waals surface area contributed by atoms with Crippen LogP contribution in [0.25, 0.3) is 6.08 Å². The van der Waals surface area contributed by atoms with Gasteiger partial charge < -0.3 is 15.2 Å². The molecular formula is C18H16BrN3O5S. The Balaban J connectivity index is 2.27. The molecule has 0 atom stereocenters. The molecule has 28 heavy (non-hydrogen) atoms. The number of hydrogen-bond acceptors (Lipinski definition) is 6. The van der Waals surface area contributed by atoms with E-state index in [0.29, 0.717) is 22.3 Å². The number of phenols is 1. The third-order valence-electron chi connectivity index (χ3n) is 3.47. The second-order valence-corrected chi connectivity index (χ2v) is 7.89. The Hall–Kier alpha value is -2.87. The Labute approximate surface area is 170 Å². The first kappa shape index (κ1) is 21.4. The Kier molecular flexibility index (Phi) is 6.80. The van der Waals surface area contributed by atoms with Gasteiger partial charge >= 0.3 is 0 Å². The van der Waals surface area contributed by atoms with E-state index >= 15 is 0 Å². The number of rotatable bonds is 6. The van der Waals surface area contributed by atoms with Crippen LogP contribution in [0.4, 0.5) is 5.69 Å². The van der Waals surface area contributed by atoms with Gasteiger partial charge in [-0.25, -0.2) is 13.6 Å². The molecule has 0 fully saturated rings. The van der Waals surface area contributed by atoms with E-state index in [4.69, 9.17) is 9.88 Å². The zero-order chi connectivity index (χ0) is 20.9. The Morgan fingerprint density at radius 1 is 1.36 bits per heavy atom. The number of ether oxygens (including phenoxy) is 1. The highest BCUT2D eigenvalue weighted by atomic mass is 79.9. The lowest BCUT2D eigenvalue weighted by atomic mass is 10.1. The summed E-state index contributed by atoms with van der Waals surface area (Å²) in [6, 6.07) is 10.0. The number of halogens is 1. The molecule has 0 saturated heterocycles. The molecule has 0 saturated carbocycles. The lowest BCUT2D eigenvalue weighted by molar-refractivity contribution is -0.112. The van der Waals surface area contributed by atoms with Crippen molar-refractivity contribution in [3.05, 3.63) is 52.0 Å². The summed E-state index contributed by atoms with van der Waals surface area (Å²) in [4.78, 5) is 12.3. The summed E-state index contributed by atoms with van der Waals surface area (Å²) in [5, 5.41) is 26.8. The van der Waals surface area contributed by atoms with E-state index in [1.807, 2.05) is 0 Å². The molecule has 0 unspecified atom stereocenters. The van der Waals surface area contributed by atoms with E-state index in [9.17, 15) is 23.6 Å². The van der Waals surface area contributed by atoms with Gasteiger partial charge in [0.2, 0.25) is 10.0 Å². The van der Waals surface area contributed by atoms with Crippen molar-refractivity contribution in [3.8, 4) is 17.6 Å². The van der Waals surface area contributed by atoms with Gasteiger partial charge in [0.1, 0.15) is 11.6 Å². The van der Waals surface area contributed by atoms with Gasteiger partial charge in [-0.05, 0) is 70.9 Å². The van der Waals surface area contributed by atoms with Gasteiger partial charge in [0, 0.05) is 5.69 Å². The molecule has 2 aromatic carbocycles. The van der Waals surface area contributed by atoms with Gasteiger partial charge in [0.25, 0.3) is 5.91 Å². The first-order valence-electron chi connectivity index (χ1n) is 7.87. The first-order valence-corrected chi connectivity index (χ1v) is 10.2. The van der Waals surface area contributed by atoms with Crippen LogP contribution in [0.2, 0.25) is 0 Å². The summed E-state index contributed by atoms with van der Waals surface area (Å²) in [6.07, 6.45) is 1.33. The Morgan fingerprint density at radius 3 is 2.54 bits per heavy atom. The number of hydrogen-bond donors (Lipinski definition) is 3. The number of nitrogens with one attached hydrogen (secondary N) is 1. The van der Waals surface area contributed by atoms with Gasteiger partial charge in [-0.3, -0.25) is 4.79 Å². The Morgan fingerprint density at radius 2 is 2.00 bits per heavy atom. The van der Waals surface area contributed by atoms with Crippen LogP contribution >= 0.6 is 15.9 Å². The number of benzene rings is 2. The molecule has 0 radical (unpaired) electrons. The zero-order valence-electron chi connectivity index (χ0n) is 14.6. The normalized spacial score (nSPS) is 11.6. The second-order valence-electron chi connectivity index (χ2n) is 5.48. The van der Waals surface area contributed by atoms with Crippen molar-refractivity contribution in [1.82, 2.24) is 0 Å². The summed E-state index contributed by atoms with van der Waals surface area (Å²) in [7, 11) is -3.84. The van der Waals surface area contributed by atoms with E-state index in [-0.39, 0.29) is 22.0 Å². The molecule has 0 aliphatic carbocycles. The van der Waals surface area contributed by atoms with Crippen molar-refractivity contribution < 1.29 is 23.1 Å². The third kappa shape index (κ3) is 5.32. The number of carbonyl (C=O) groups excluding carboxylic acids is 1. The van der Waals surface area contributed by atoms with Gasteiger partial charge in [-0.2, -0.15) is 5.26 Å². The molecule has 4 N–H and O–H groups in total. The molecule has 0 aromatic heterocycles. The number of amides is 1. The van der Waals surface area contributed by atoms with Crippen LogP contribution in [0, 0.1) is 11.3 Å². The summed E-state index contributed by atoms with van der Waals surface area (Å²) in [5.41, 5.74) is 0.556. The van der Waals surface area contributed by atoms with Crippen molar-refractivity contribution in [2.24, 2.45) is 5.14 Å². The van der Waals surface area contributed by atoms with Crippen molar-refractivity contribution in [1.29, 1.82) is 5.26 Å². The number of anilines is 1. The highest BCUT2D eigenvalue weighted by Crippen LogP contribution is 2.36. The van der Waals surface area contributed by atoms with Crippen LogP contribution in [0.3, 0.4) is 0 Å². The Bertz CT molecular complexity index is 1070. The number of primary sulfonamides is 1. The lowest BCUT2D eigenvalue weighted by Gasteiger charge is -2.09. The molecule has 2 aromatic rings. The number of nitrogens with two attached hydrogens (primary N) is 1. The smallest absolute Gasteiger partial charge is 0.266 e. The van der Waals surface area contributed by atoms with Crippen LogP contribution in [-0.4, -0.2) is 26.0 Å². The van der Waals surface area contributed by atoms with Gasteiger partial charge in [-0.1, -0.05) is 0 Å². The van der Waals surface area contributed by atoms with Crippen molar-refractivity contribution in [2.45, 2.75) is 11.8 Å². The van der Waals surface area contributed by atoms with E-state index < -0.39 is 15.9 Å². The highest BCUT2D eigenvalue weighted by molar-refractivity contribution is 9.10. The van der Waals surface area contributed by atoms with Gasteiger partial charge in [0.05, 0.1) is 16.0 Å². The largest absolute Gasteiger partial charge is 0.503 e. The van der Waals surface area contributed by atoms with Gasteiger partial charge in [-0.15, -0.1) is 0 Å². The number of phenolic OH excluding ortho intramolecular Hbond substituents is 1. The maximum atomic E-state index is 12.4. The van der Waals surface area contributed by atoms with Crippen LogP contribution < -0.4 is 15.2 Å². The predicted octanol–water partition coefficient (Wildman–Crippen LogP) is 2.75. The molecule has 0 aliphatic heterocycles. The van der Waals surface area contributed by atoms with Crippen LogP contribution in [0.5, 0.6) is 11.5 Å². The molecular weight excluding hydrogens is 450 g/mol. The highest BCUT2D eigenvalue weighted by Gasteiger charge is 2.13. The van der Waals surface area contributed by atoms with Crippen LogP contribution in [0.1, 0.15) is 12.5 Å².